The lowest BCUT2D eigenvalue weighted by Gasteiger charge is -2.05. The quantitative estimate of drug-likeness (QED) is 0.590. The molecule has 0 bridgehead atoms. The van der Waals surface area contributed by atoms with Gasteiger partial charge in [0, 0.05) is 24.7 Å². The van der Waals surface area contributed by atoms with Gasteiger partial charge in [0.25, 0.3) is 5.91 Å². The first kappa shape index (κ1) is 17.1. The third-order valence-corrected chi connectivity index (χ3v) is 3.80. The SMILES string of the molecule is CNS(=O)(=O)CCNC(=O)c1ccc(C#CCCO)cn1. The van der Waals surface area contributed by atoms with Crippen molar-refractivity contribution in [1.29, 1.82) is 0 Å². The van der Waals surface area contributed by atoms with Crippen molar-refractivity contribution in [1.82, 2.24) is 15.0 Å². The van der Waals surface area contributed by atoms with E-state index in [9.17, 15) is 13.2 Å². The number of aromatic nitrogens is 1. The first-order valence-electron chi connectivity index (χ1n) is 6.23. The van der Waals surface area contributed by atoms with Gasteiger partial charge in [-0.2, -0.15) is 0 Å². The molecule has 0 unspecified atom stereocenters. The Bertz CT molecular complexity index is 630. The largest absolute Gasteiger partial charge is 0.395 e. The predicted octanol–water partition coefficient (Wildman–Crippen LogP) is -0.905. The molecule has 0 fully saturated rings. The number of amides is 1. The Kier molecular flexibility index (Phi) is 6.81. The molecule has 1 rings (SSSR count). The van der Waals surface area contributed by atoms with Gasteiger partial charge in [0.15, 0.2) is 0 Å². The summed E-state index contributed by atoms with van der Waals surface area (Å²) in [5, 5.41) is 11.1. The number of carbonyl (C=O) groups excluding carboxylic acids is 1. The summed E-state index contributed by atoms with van der Waals surface area (Å²) in [6, 6.07) is 3.14. The van der Waals surface area contributed by atoms with E-state index >= 15 is 0 Å². The Hall–Kier alpha value is -1.95. The number of aliphatic hydroxyl groups is 1. The van der Waals surface area contributed by atoms with Crippen molar-refractivity contribution in [3.63, 3.8) is 0 Å². The Morgan fingerprint density at radius 2 is 2.19 bits per heavy atom. The minimum Gasteiger partial charge on any atom is -0.395 e. The van der Waals surface area contributed by atoms with E-state index in [1.807, 2.05) is 0 Å². The summed E-state index contributed by atoms with van der Waals surface area (Å²) in [6.07, 6.45) is 1.83. The Labute approximate surface area is 123 Å². The number of hydrogen-bond acceptors (Lipinski definition) is 5. The molecule has 0 saturated carbocycles. The molecule has 1 heterocycles. The first-order chi connectivity index (χ1) is 9.98. The van der Waals surface area contributed by atoms with Crippen LogP contribution < -0.4 is 10.0 Å². The van der Waals surface area contributed by atoms with Crippen molar-refractivity contribution in [3.05, 3.63) is 29.6 Å². The molecule has 0 radical (unpaired) electrons. The van der Waals surface area contributed by atoms with Crippen molar-refractivity contribution >= 4 is 15.9 Å². The van der Waals surface area contributed by atoms with E-state index in [1.54, 1.807) is 6.07 Å². The van der Waals surface area contributed by atoms with Crippen molar-refractivity contribution in [3.8, 4) is 11.8 Å². The van der Waals surface area contributed by atoms with Crippen LogP contribution in [-0.2, 0) is 10.0 Å². The molecule has 0 aromatic carbocycles. The van der Waals surface area contributed by atoms with Crippen molar-refractivity contribution in [2.24, 2.45) is 0 Å². The summed E-state index contributed by atoms with van der Waals surface area (Å²) in [6.45, 7) is -0.00180. The van der Waals surface area contributed by atoms with E-state index in [4.69, 9.17) is 5.11 Å². The zero-order chi connectivity index (χ0) is 15.7. The number of aliphatic hydroxyl groups excluding tert-OH is 1. The van der Waals surface area contributed by atoms with Gasteiger partial charge in [0.2, 0.25) is 10.0 Å². The van der Waals surface area contributed by atoms with E-state index in [0.717, 1.165) is 0 Å². The van der Waals surface area contributed by atoms with Crippen LogP contribution >= 0.6 is 0 Å². The van der Waals surface area contributed by atoms with Crippen LogP contribution in [0, 0.1) is 11.8 Å². The number of sulfonamides is 1. The second kappa shape index (κ2) is 8.36. The van der Waals surface area contributed by atoms with Crippen molar-refractivity contribution in [2.45, 2.75) is 6.42 Å². The molecule has 1 aromatic rings. The predicted molar refractivity (Wildman–Crippen MR) is 78.0 cm³/mol. The third-order valence-electron chi connectivity index (χ3n) is 2.43. The highest BCUT2D eigenvalue weighted by atomic mass is 32.2. The van der Waals surface area contributed by atoms with Gasteiger partial charge in [-0.25, -0.2) is 18.1 Å². The minimum atomic E-state index is -3.34. The molecule has 0 spiro atoms. The van der Waals surface area contributed by atoms with E-state index in [-0.39, 0.29) is 24.6 Å². The zero-order valence-corrected chi connectivity index (χ0v) is 12.4. The topological polar surface area (TPSA) is 108 Å². The fraction of sp³-hybridized carbons (Fsp3) is 0.385. The van der Waals surface area contributed by atoms with Crippen LogP contribution in [-0.4, -0.2) is 50.4 Å². The minimum absolute atomic E-state index is 0.00173. The smallest absolute Gasteiger partial charge is 0.269 e. The molecular formula is C13H17N3O4S. The van der Waals surface area contributed by atoms with Gasteiger partial charge >= 0.3 is 0 Å². The Balaban J connectivity index is 2.54. The fourth-order valence-electron chi connectivity index (χ4n) is 1.31. The maximum atomic E-state index is 11.7. The van der Waals surface area contributed by atoms with Crippen molar-refractivity contribution in [2.75, 3.05) is 26.0 Å². The zero-order valence-electron chi connectivity index (χ0n) is 11.6. The summed E-state index contributed by atoms with van der Waals surface area (Å²) < 4.78 is 24.5. The fourth-order valence-corrected chi connectivity index (χ4v) is 1.89. The number of nitrogens with zero attached hydrogens (tertiary/aromatic N) is 1. The molecule has 1 aromatic heterocycles. The maximum Gasteiger partial charge on any atom is 0.269 e. The Morgan fingerprint density at radius 3 is 2.76 bits per heavy atom. The number of nitrogens with one attached hydrogen (secondary N) is 2. The molecule has 0 aliphatic rings. The molecule has 0 saturated heterocycles. The van der Waals surface area contributed by atoms with Gasteiger partial charge in [-0.1, -0.05) is 11.8 Å². The lowest BCUT2D eigenvalue weighted by atomic mass is 10.2. The standard InChI is InChI=1S/C13H17N3O4S/c1-14-21(19,20)9-7-15-13(18)12-6-5-11(10-16-12)4-2-3-8-17/h5-6,10,14,17H,3,7-9H2,1H3,(H,15,18). The molecule has 0 aliphatic carbocycles. The molecule has 8 heteroatoms. The van der Waals surface area contributed by atoms with Gasteiger partial charge in [0.05, 0.1) is 12.4 Å². The highest BCUT2D eigenvalue weighted by Crippen LogP contribution is 1.99. The summed E-state index contributed by atoms with van der Waals surface area (Å²) in [7, 11) is -2.03. The molecule has 1 amide bonds. The molecule has 7 nitrogen and oxygen atoms in total. The van der Waals surface area contributed by atoms with Gasteiger partial charge in [0.1, 0.15) is 5.69 Å². The third kappa shape index (κ3) is 6.35. The summed E-state index contributed by atoms with van der Waals surface area (Å²) >= 11 is 0. The average Bonchev–Trinajstić information content (AvgIpc) is 2.48. The van der Waals surface area contributed by atoms with Crippen LogP contribution in [0.5, 0.6) is 0 Å². The van der Waals surface area contributed by atoms with Crippen LogP contribution in [0.2, 0.25) is 0 Å². The molecule has 0 aliphatic heterocycles. The lowest BCUT2D eigenvalue weighted by molar-refractivity contribution is 0.0951. The summed E-state index contributed by atoms with van der Waals surface area (Å²) in [5.41, 5.74) is 0.822. The molecule has 3 N–H and O–H groups in total. The number of pyridine rings is 1. The highest BCUT2D eigenvalue weighted by Gasteiger charge is 2.10. The molecule has 114 valence electrons. The van der Waals surface area contributed by atoms with Crippen LogP contribution in [0.3, 0.4) is 0 Å². The second-order valence-electron chi connectivity index (χ2n) is 3.99. The average molecular weight is 311 g/mol. The second-order valence-corrected chi connectivity index (χ2v) is 6.03. The summed E-state index contributed by atoms with van der Waals surface area (Å²) in [4.78, 5) is 15.7. The maximum absolute atomic E-state index is 11.7. The first-order valence-corrected chi connectivity index (χ1v) is 7.89. The monoisotopic (exact) mass is 311 g/mol. The number of hydrogen-bond donors (Lipinski definition) is 3. The van der Waals surface area contributed by atoms with Gasteiger partial charge < -0.3 is 10.4 Å². The molecule has 21 heavy (non-hydrogen) atoms. The van der Waals surface area contributed by atoms with Crippen LogP contribution in [0.1, 0.15) is 22.5 Å². The van der Waals surface area contributed by atoms with Crippen LogP contribution in [0.4, 0.5) is 0 Å². The van der Waals surface area contributed by atoms with Crippen molar-refractivity contribution < 1.29 is 18.3 Å². The van der Waals surface area contributed by atoms with E-state index in [0.29, 0.717) is 12.0 Å². The normalized spacial score (nSPS) is 10.6. The Morgan fingerprint density at radius 1 is 1.43 bits per heavy atom. The van der Waals surface area contributed by atoms with Crippen LogP contribution in [0.25, 0.3) is 0 Å². The van der Waals surface area contributed by atoms with Gasteiger partial charge in [-0.15, -0.1) is 0 Å². The van der Waals surface area contributed by atoms with Crippen LogP contribution in [0.15, 0.2) is 18.3 Å². The molecular weight excluding hydrogens is 294 g/mol. The highest BCUT2D eigenvalue weighted by molar-refractivity contribution is 7.89. The van der Waals surface area contributed by atoms with E-state index in [2.05, 4.69) is 26.9 Å². The summed E-state index contributed by atoms with van der Waals surface area (Å²) in [5.74, 6) is 4.89. The van der Waals surface area contributed by atoms with E-state index in [1.165, 1.54) is 19.3 Å². The number of carbonyl (C=O) groups is 1. The lowest BCUT2D eigenvalue weighted by Crippen LogP contribution is -2.33. The van der Waals surface area contributed by atoms with Gasteiger partial charge in [-0.05, 0) is 19.2 Å². The molecule has 0 atom stereocenters. The number of rotatable bonds is 6. The van der Waals surface area contributed by atoms with Gasteiger partial charge in [-0.3, -0.25) is 4.79 Å². The van der Waals surface area contributed by atoms with E-state index < -0.39 is 15.9 Å².